The second-order valence-electron chi connectivity index (χ2n) is 7.04. The number of carbonyl (C=O) groups excluding carboxylic acids is 1. The van der Waals surface area contributed by atoms with Crippen molar-refractivity contribution in [1.29, 1.82) is 0 Å². The van der Waals surface area contributed by atoms with Gasteiger partial charge in [-0.25, -0.2) is 4.98 Å². The number of aryl methyl sites for hydroxylation is 2. The Bertz CT molecular complexity index is 1150. The molecular weight excluding hydrogens is 394 g/mol. The van der Waals surface area contributed by atoms with Crippen molar-refractivity contribution in [2.45, 2.75) is 18.9 Å². The minimum absolute atomic E-state index is 0.143. The average molecular weight is 417 g/mol. The molecule has 0 radical (unpaired) electrons. The molecule has 0 aliphatic carbocycles. The molecule has 4 aromatic rings. The van der Waals surface area contributed by atoms with Crippen molar-refractivity contribution in [3.05, 3.63) is 84.3 Å². The van der Waals surface area contributed by atoms with Crippen LogP contribution in [0.15, 0.2) is 71.4 Å². The predicted molar refractivity (Wildman–Crippen MR) is 114 cm³/mol. The molecule has 8 nitrogen and oxygen atoms in total. The zero-order chi connectivity index (χ0) is 21.6. The van der Waals surface area contributed by atoms with Crippen molar-refractivity contribution < 1.29 is 13.9 Å². The molecule has 4 rings (SSSR count). The fourth-order valence-electron chi connectivity index (χ4n) is 3.28. The summed E-state index contributed by atoms with van der Waals surface area (Å²) in [5.74, 6) is 2.16. The lowest BCUT2D eigenvalue weighted by molar-refractivity contribution is -0.121. The van der Waals surface area contributed by atoms with E-state index in [1.807, 2.05) is 72.4 Å². The summed E-state index contributed by atoms with van der Waals surface area (Å²) in [6.45, 7) is 0. The molecular formula is C23H23N5O3. The van der Waals surface area contributed by atoms with E-state index in [4.69, 9.17) is 9.15 Å². The smallest absolute Gasteiger partial charge is 0.247 e. The van der Waals surface area contributed by atoms with Crippen LogP contribution in [-0.2, 0) is 18.3 Å². The Labute approximate surface area is 179 Å². The number of aromatic nitrogens is 4. The molecule has 1 amide bonds. The number of imidazole rings is 1. The maximum absolute atomic E-state index is 12.8. The third-order valence-corrected chi connectivity index (χ3v) is 4.90. The topological polar surface area (TPSA) is 95.1 Å². The molecule has 2 heterocycles. The lowest BCUT2D eigenvalue weighted by Crippen LogP contribution is -2.31. The van der Waals surface area contributed by atoms with Crippen molar-refractivity contribution in [3.63, 3.8) is 0 Å². The van der Waals surface area contributed by atoms with Gasteiger partial charge in [0.05, 0.1) is 7.11 Å². The van der Waals surface area contributed by atoms with Crippen LogP contribution in [0.3, 0.4) is 0 Å². The van der Waals surface area contributed by atoms with Gasteiger partial charge in [-0.05, 0) is 29.8 Å². The summed E-state index contributed by atoms with van der Waals surface area (Å²) in [4.78, 5) is 17.2. The number of ether oxygens (including phenoxy) is 1. The molecule has 31 heavy (non-hydrogen) atoms. The van der Waals surface area contributed by atoms with E-state index in [2.05, 4.69) is 20.5 Å². The summed E-state index contributed by atoms with van der Waals surface area (Å²) in [7, 11) is 3.51. The van der Waals surface area contributed by atoms with E-state index in [1.54, 1.807) is 13.3 Å². The van der Waals surface area contributed by atoms with Crippen LogP contribution in [0.5, 0.6) is 5.75 Å². The number of hydrogen-bond acceptors (Lipinski definition) is 6. The largest absolute Gasteiger partial charge is 0.497 e. The normalized spacial score (nSPS) is 11.8. The first-order valence-corrected chi connectivity index (χ1v) is 9.92. The van der Waals surface area contributed by atoms with Crippen LogP contribution in [0, 0.1) is 0 Å². The number of nitrogens with zero attached hydrogens (tertiary/aromatic N) is 4. The number of rotatable bonds is 8. The van der Waals surface area contributed by atoms with Crippen molar-refractivity contribution in [2.24, 2.45) is 7.05 Å². The molecule has 158 valence electrons. The van der Waals surface area contributed by atoms with E-state index >= 15 is 0 Å². The summed E-state index contributed by atoms with van der Waals surface area (Å²) in [6.07, 6.45) is 4.11. The fraction of sp³-hybridized carbons (Fsp3) is 0.217. The first-order valence-electron chi connectivity index (χ1n) is 9.92. The molecule has 0 spiro atoms. The molecule has 0 aliphatic rings. The highest BCUT2D eigenvalue weighted by Gasteiger charge is 2.21. The molecule has 8 heteroatoms. The summed E-state index contributed by atoms with van der Waals surface area (Å²) in [6, 6.07) is 16.7. The van der Waals surface area contributed by atoms with E-state index in [-0.39, 0.29) is 12.3 Å². The van der Waals surface area contributed by atoms with Gasteiger partial charge in [0.2, 0.25) is 17.7 Å². The Morgan fingerprint density at radius 1 is 1.16 bits per heavy atom. The molecule has 1 atom stereocenters. The SMILES string of the molecule is COc1cccc(C(NC(=O)CCc2nnc(-c3ccccc3)o2)c2nccn2C)c1. The number of carbonyl (C=O) groups is 1. The molecule has 2 aromatic heterocycles. The first-order chi connectivity index (χ1) is 15.1. The van der Waals surface area contributed by atoms with Crippen LogP contribution in [0.2, 0.25) is 0 Å². The van der Waals surface area contributed by atoms with Gasteiger partial charge in [0.1, 0.15) is 17.6 Å². The fourth-order valence-corrected chi connectivity index (χ4v) is 3.28. The minimum Gasteiger partial charge on any atom is -0.497 e. The van der Waals surface area contributed by atoms with Gasteiger partial charge in [0.15, 0.2) is 0 Å². The van der Waals surface area contributed by atoms with Crippen LogP contribution < -0.4 is 10.1 Å². The minimum atomic E-state index is -0.412. The number of methoxy groups -OCH3 is 1. The van der Waals surface area contributed by atoms with Crippen molar-refractivity contribution in [1.82, 2.24) is 25.1 Å². The summed E-state index contributed by atoms with van der Waals surface area (Å²) in [5, 5.41) is 11.2. The number of hydrogen-bond donors (Lipinski definition) is 1. The van der Waals surface area contributed by atoms with Crippen molar-refractivity contribution in [3.8, 4) is 17.2 Å². The van der Waals surface area contributed by atoms with Crippen LogP contribution in [-0.4, -0.2) is 32.8 Å². The van der Waals surface area contributed by atoms with Crippen molar-refractivity contribution in [2.75, 3.05) is 7.11 Å². The molecule has 0 aliphatic heterocycles. The standard InChI is InChI=1S/C23H23N5O3/c1-28-14-13-24-22(28)21(17-9-6-10-18(15-17)30-2)25-19(29)11-12-20-26-27-23(31-20)16-7-4-3-5-8-16/h3-10,13-15,21H,11-12H2,1-2H3,(H,25,29). The maximum atomic E-state index is 12.8. The van der Waals surface area contributed by atoms with E-state index in [1.165, 1.54) is 0 Å². The Kier molecular flexibility index (Phi) is 6.07. The molecule has 0 bridgehead atoms. The Morgan fingerprint density at radius 3 is 2.74 bits per heavy atom. The monoisotopic (exact) mass is 417 g/mol. The summed E-state index contributed by atoms with van der Waals surface area (Å²) < 4.78 is 12.9. The number of nitrogens with one attached hydrogen (secondary N) is 1. The second kappa shape index (κ2) is 9.25. The van der Waals surface area contributed by atoms with Gasteiger partial charge in [-0.1, -0.05) is 30.3 Å². The Morgan fingerprint density at radius 2 is 2.00 bits per heavy atom. The van der Waals surface area contributed by atoms with Gasteiger partial charge in [-0.3, -0.25) is 4.79 Å². The molecule has 0 fully saturated rings. The van der Waals surface area contributed by atoms with Crippen molar-refractivity contribution >= 4 is 5.91 Å². The number of amides is 1. The lowest BCUT2D eigenvalue weighted by Gasteiger charge is -2.19. The van der Waals surface area contributed by atoms with Gasteiger partial charge in [0, 0.05) is 37.8 Å². The Hall–Kier alpha value is -3.94. The van der Waals surface area contributed by atoms with E-state index in [0.29, 0.717) is 24.0 Å². The second-order valence-corrected chi connectivity index (χ2v) is 7.04. The van der Waals surface area contributed by atoms with Gasteiger partial charge < -0.3 is 19.0 Å². The summed E-state index contributed by atoms with van der Waals surface area (Å²) in [5.41, 5.74) is 1.73. The van der Waals surface area contributed by atoms with Crippen LogP contribution in [0.1, 0.15) is 29.7 Å². The zero-order valence-electron chi connectivity index (χ0n) is 17.4. The quantitative estimate of drug-likeness (QED) is 0.473. The van der Waals surface area contributed by atoms with Crippen LogP contribution in [0.4, 0.5) is 0 Å². The highest BCUT2D eigenvalue weighted by atomic mass is 16.5. The van der Waals surface area contributed by atoms with E-state index < -0.39 is 6.04 Å². The third-order valence-electron chi connectivity index (χ3n) is 4.90. The van der Waals surface area contributed by atoms with Gasteiger partial charge >= 0.3 is 0 Å². The highest BCUT2D eigenvalue weighted by Crippen LogP contribution is 2.24. The molecule has 1 unspecified atom stereocenters. The Balaban J connectivity index is 1.46. The van der Waals surface area contributed by atoms with Crippen LogP contribution >= 0.6 is 0 Å². The van der Waals surface area contributed by atoms with E-state index in [0.717, 1.165) is 17.0 Å². The average Bonchev–Trinajstić information content (AvgIpc) is 3.46. The van der Waals surface area contributed by atoms with Gasteiger partial charge in [-0.15, -0.1) is 10.2 Å². The molecule has 2 aromatic carbocycles. The first kappa shape index (κ1) is 20.3. The summed E-state index contributed by atoms with van der Waals surface area (Å²) >= 11 is 0. The molecule has 1 N–H and O–H groups in total. The van der Waals surface area contributed by atoms with Crippen LogP contribution in [0.25, 0.3) is 11.5 Å². The lowest BCUT2D eigenvalue weighted by atomic mass is 10.1. The highest BCUT2D eigenvalue weighted by molar-refractivity contribution is 5.77. The molecule has 0 saturated heterocycles. The van der Waals surface area contributed by atoms with Gasteiger partial charge in [0.25, 0.3) is 0 Å². The zero-order valence-corrected chi connectivity index (χ0v) is 17.4. The predicted octanol–water partition coefficient (Wildman–Crippen LogP) is 3.32. The molecule has 0 saturated carbocycles. The maximum Gasteiger partial charge on any atom is 0.247 e. The van der Waals surface area contributed by atoms with E-state index in [9.17, 15) is 4.79 Å². The third kappa shape index (κ3) is 4.80. The van der Waals surface area contributed by atoms with Gasteiger partial charge in [-0.2, -0.15) is 0 Å². The number of benzene rings is 2.